The lowest BCUT2D eigenvalue weighted by atomic mass is 10.0. The lowest BCUT2D eigenvalue weighted by Gasteiger charge is -2.33. The van der Waals surface area contributed by atoms with Crippen molar-refractivity contribution < 1.29 is 4.79 Å². The molecule has 3 N–H and O–H groups in total. The van der Waals surface area contributed by atoms with Crippen LogP contribution < -0.4 is 11.1 Å². The van der Waals surface area contributed by atoms with E-state index in [9.17, 15) is 4.79 Å². The Morgan fingerprint density at radius 3 is 2.50 bits per heavy atom. The second-order valence-corrected chi connectivity index (χ2v) is 5.24. The van der Waals surface area contributed by atoms with Crippen molar-refractivity contribution in [3.05, 3.63) is 0 Å². The molecule has 0 aromatic carbocycles. The van der Waals surface area contributed by atoms with Crippen LogP contribution in [0.1, 0.15) is 32.6 Å². The molecule has 1 atom stereocenters. The Morgan fingerprint density at radius 2 is 2.00 bits per heavy atom. The van der Waals surface area contributed by atoms with Crippen LogP contribution >= 0.6 is 0 Å². The Kier molecular flexibility index (Phi) is 3.82. The second kappa shape index (κ2) is 5.15. The molecule has 2 rings (SSSR count). The van der Waals surface area contributed by atoms with Gasteiger partial charge in [0.1, 0.15) is 0 Å². The summed E-state index contributed by atoms with van der Waals surface area (Å²) in [5.41, 5.74) is 5.60. The van der Waals surface area contributed by atoms with Crippen LogP contribution in [0.2, 0.25) is 0 Å². The summed E-state index contributed by atoms with van der Waals surface area (Å²) in [6, 6.07) is 0.258. The average molecular weight is 225 g/mol. The van der Waals surface area contributed by atoms with E-state index in [4.69, 9.17) is 5.73 Å². The van der Waals surface area contributed by atoms with Crippen LogP contribution in [0.3, 0.4) is 0 Å². The standard InChI is InChI=1S/C12H23N3O/c1-9(13)12(16)15-6-4-11(5-7-15)14-8-10-2-3-10/h9-11,14H,2-8,13H2,1H3/t9-/m0/s1. The topological polar surface area (TPSA) is 58.4 Å². The molecule has 0 unspecified atom stereocenters. The molecule has 92 valence electrons. The molecule has 0 aromatic heterocycles. The third kappa shape index (κ3) is 3.19. The summed E-state index contributed by atoms with van der Waals surface area (Å²) in [6.45, 7) is 4.66. The fraction of sp³-hybridized carbons (Fsp3) is 0.917. The highest BCUT2D eigenvalue weighted by molar-refractivity contribution is 5.81. The molecule has 1 saturated heterocycles. The number of rotatable bonds is 4. The number of nitrogens with one attached hydrogen (secondary N) is 1. The Balaban J connectivity index is 1.67. The molecule has 0 spiro atoms. The van der Waals surface area contributed by atoms with Crippen LogP contribution in [0, 0.1) is 5.92 Å². The summed E-state index contributed by atoms with van der Waals surface area (Å²) in [7, 11) is 0. The SMILES string of the molecule is C[C@H](N)C(=O)N1CCC(NCC2CC2)CC1. The van der Waals surface area contributed by atoms with Crippen LogP contribution in [0.15, 0.2) is 0 Å². The summed E-state index contributed by atoms with van der Waals surface area (Å²) < 4.78 is 0. The molecule has 1 heterocycles. The van der Waals surface area contributed by atoms with Crippen LogP contribution in [-0.4, -0.2) is 42.5 Å². The molecule has 1 aliphatic heterocycles. The minimum absolute atomic E-state index is 0.0978. The van der Waals surface area contributed by atoms with Gasteiger partial charge in [0.15, 0.2) is 0 Å². The molecule has 2 aliphatic rings. The maximum atomic E-state index is 11.7. The number of piperidine rings is 1. The minimum Gasteiger partial charge on any atom is -0.341 e. The fourth-order valence-corrected chi connectivity index (χ4v) is 2.25. The van der Waals surface area contributed by atoms with E-state index in [-0.39, 0.29) is 11.9 Å². The lowest BCUT2D eigenvalue weighted by molar-refractivity contribution is -0.133. The third-order valence-electron chi connectivity index (χ3n) is 3.59. The lowest BCUT2D eigenvalue weighted by Crippen LogP contribution is -2.49. The molecule has 2 fully saturated rings. The van der Waals surface area contributed by atoms with Gasteiger partial charge in [-0.15, -0.1) is 0 Å². The molecule has 0 bridgehead atoms. The van der Waals surface area contributed by atoms with E-state index in [0.29, 0.717) is 6.04 Å². The van der Waals surface area contributed by atoms with E-state index in [1.54, 1.807) is 6.92 Å². The van der Waals surface area contributed by atoms with Crippen molar-refractivity contribution in [2.24, 2.45) is 11.7 Å². The average Bonchev–Trinajstić information content (AvgIpc) is 3.10. The maximum absolute atomic E-state index is 11.7. The van der Waals surface area contributed by atoms with Gasteiger partial charge in [0.05, 0.1) is 6.04 Å². The Labute approximate surface area is 97.6 Å². The molecule has 4 heteroatoms. The van der Waals surface area contributed by atoms with E-state index < -0.39 is 0 Å². The van der Waals surface area contributed by atoms with E-state index in [0.717, 1.165) is 31.8 Å². The predicted octanol–water partition coefficient (Wildman–Crippen LogP) is 0.324. The summed E-state index contributed by atoms with van der Waals surface area (Å²) in [4.78, 5) is 13.6. The number of carbonyl (C=O) groups is 1. The molecular weight excluding hydrogens is 202 g/mol. The van der Waals surface area contributed by atoms with Gasteiger partial charge < -0.3 is 16.0 Å². The van der Waals surface area contributed by atoms with E-state index in [1.165, 1.54) is 19.4 Å². The molecule has 0 aromatic rings. The first-order valence-electron chi connectivity index (χ1n) is 6.44. The summed E-state index contributed by atoms with van der Waals surface area (Å²) in [6.07, 6.45) is 4.94. The highest BCUT2D eigenvalue weighted by Gasteiger charge is 2.26. The number of hydrogen-bond donors (Lipinski definition) is 2. The van der Waals surface area contributed by atoms with Crippen LogP contribution in [0.25, 0.3) is 0 Å². The van der Waals surface area contributed by atoms with Gasteiger partial charge in [-0.2, -0.15) is 0 Å². The first-order chi connectivity index (χ1) is 7.66. The van der Waals surface area contributed by atoms with Crippen molar-refractivity contribution in [1.29, 1.82) is 0 Å². The van der Waals surface area contributed by atoms with Crippen molar-refractivity contribution in [1.82, 2.24) is 10.2 Å². The van der Waals surface area contributed by atoms with Gasteiger partial charge in [0.2, 0.25) is 5.91 Å². The largest absolute Gasteiger partial charge is 0.341 e. The summed E-state index contributed by atoms with van der Waals surface area (Å²) in [5.74, 6) is 1.03. The third-order valence-corrected chi connectivity index (χ3v) is 3.59. The second-order valence-electron chi connectivity index (χ2n) is 5.24. The van der Waals surface area contributed by atoms with Crippen molar-refractivity contribution in [3.63, 3.8) is 0 Å². The zero-order chi connectivity index (χ0) is 11.5. The van der Waals surface area contributed by atoms with Crippen molar-refractivity contribution in [2.75, 3.05) is 19.6 Å². The van der Waals surface area contributed by atoms with E-state index in [1.807, 2.05) is 4.90 Å². The fourth-order valence-electron chi connectivity index (χ4n) is 2.25. The number of amides is 1. The highest BCUT2D eigenvalue weighted by Crippen LogP contribution is 2.28. The summed E-state index contributed by atoms with van der Waals surface area (Å²) in [5, 5.41) is 3.60. The van der Waals surface area contributed by atoms with E-state index in [2.05, 4.69) is 5.32 Å². The first kappa shape index (κ1) is 11.9. The van der Waals surface area contributed by atoms with Gasteiger partial charge in [-0.25, -0.2) is 0 Å². The smallest absolute Gasteiger partial charge is 0.239 e. The van der Waals surface area contributed by atoms with Crippen molar-refractivity contribution >= 4 is 5.91 Å². The van der Waals surface area contributed by atoms with Gasteiger partial charge in [-0.1, -0.05) is 0 Å². The Hall–Kier alpha value is -0.610. The van der Waals surface area contributed by atoms with Crippen LogP contribution in [0.5, 0.6) is 0 Å². The van der Waals surface area contributed by atoms with Gasteiger partial charge >= 0.3 is 0 Å². The van der Waals surface area contributed by atoms with Crippen molar-refractivity contribution in [2.45, 2.75) is 44.7 Å². The van der Waals surface area contributed by atoms with Crippen molar-refractivity contribution in [3.8, 4) is 0 Å². The Morgan fingerprint density at radius 1 is 1.38 bits per heavy atom. The van der Waals surface area contributed by atoms with Crippen LogP contribution in [0.4, 0.5) is 0 Å². The molecule has 0 radical (unpaired) electrons. The number of carbonyl (C=O) groups excluding carboxylic acids is 1. The molecule has 1 saturated carbocycles. The van der Waals surface area contributed by atoms with Gasteiger partial charge in [0.25, 0.3) is 0 Å². The van der Waals surface area contributed by atoms with Gasteiger partial charge in [0, 0.05) is 19.1 Å². The monoisotopic (exact) mass is 225 g/mol. The van der Waals surface area contributed by atoms with E-state index >= 15 is 0 Å². The minimum atomic E-state index is -0.351. The molecular formula is C12H23N3O. The highest BCUT2D eigenvalue weighted by atomic mass is 16.2. The quantitative estimate of drug-likeness (QED) is 0.724. The van der Waals surface area contributed by atoms with Crippen LogP contribution in [-0.2, 0) is 4.79 Å². The molecule has 4 nitrogen and oxygen atoms in total. The number of nitrogens with two attached hydrogens (primary N) is 1. The number of likely N-dealkylation sites (tertiary alicyclic amines) is 1. The first-order valence-corrected chi connectivity index (χ1v) is 6.44. The predicted molar refractivity (Wildman–Crippen MR) is 64.0 cm³/mol. The summed E-state index contributed by atoms with van der Waals surface area (Å²) >= 11 is 0. The zero-order valence-corrected chi connectivity index (χ0v) is 10.1. The normalized spacial score (nSPS) is 24.5. The number of nitrogens with zero attached hydrogens (tertiary/aromatic N) is 1. The molecule has 1 amide bonds. The molecule has 1 aliphatic carbocycles. The van der Waals surface area contributed by atoms with Gasteiger partial charge in [-0.05, 0) is 45.1 Å². The zero-order valence-electron chi connectivity index (χ0n) is 10.1. The van der Waals surface area contributed by atoms with Gasteiger partial charge in [-0.3, -0.25) is 4.79 Å². The Bertz CT molecular complexity index is 243. The maximum Gasteiger partial charge on any atom is 0.239 e. The molecule has 16 heavy (non-hydrogen) atoms. The number of hydrogen-bond acceptors (Lipinski definition) is 3.